The van der Waals surface area contributed by atoms with Crippen LogP contribution in [0.25, 0.3) is 0 Å². The lowest BCUT2D eigenvalue weighted by atomic mass is 10.2. The first-order valence-corrected chi connectivity index (χ1v) is 6.53. The number of hydrogen-bond donors (Lipinski definition) is 2. The third-order valence-electron chi connectivity index (χ3n) is 2.77. The summed E-state index contributed by atoms with van der Waals surface area (Å²) in [6, 6.07) is -0.157. The number of nitrogens with one attached hydrogen (secondary N) is 2. The molecule has 1 amide bonds. The van der Waals surface area contributed by atoms with Crippen molar-refractivity contribution in [1.29, 1.82) is 0 Å². The van der Waals surface area contributed by atoms with Crippen LogP contribution in [-0.2, 0) is 9.53 Å². The molecule has 2 heterocycles. The van der Waals surface area contributed by atoms with E-state index in [2.05, 4.69) is 20.4 Å². The van der Waals surface area contributed by atoms with E-state index in [0.717, 1.165) is 30.7 Å². The Labute approximate surface area is 109 Å². The van der Waals surface area contributed by atoms with Crippen molar-refractivity contribution in [3.8, 4) is 0 Å². The summed E-state index contributed by atoms with van der Waals surface area (Å²) < 4.78 is 4.64. The van der Waals surface area contributed by atoms with Gasteiger partial charge in [0.05, 0.1) is 18.8 Å². The molecule has 0 aromatic carbocycles. The number of methoxy groups -OCH3 is 1. The average molecular weight is 269 g/mol. The second-order valence-corrected chi connectivity index (χ2v) is 5.06. The fraction of sp³-hybridized carbons (Fsp3) is 0.545. The zero-order valence-corrected chi connectivity index (χ0v) is 11.1. The molecule has 7 heteroatoms. The summed E-state index contributed by atoms with van der Waals surface area (Å²) in [5.41, 5.74) is 0.571. The van der Waals surface area contributed by atoms with Gasteiger partial charge in [0, 0.05) is 0 Å². The van der Waals surface area contributed by atoms with E-state index < -0.39 is 5.97 Å². The van der Waals surface area contributed by atoms with Crippen molar-refractivity contribution in [2.24, 2.45) is 0 Å². The Morgan fingerprint density at radius 1 is 1.56 bits per heavy atom. The average Bonchev–Trinajstić information content (AvgIpc) is 2.97. The molecule has 1 aromatic rings. The van der Waals surface area contributed by atoms with Crippen molar-refractivity contribution in [2.75, 3.05) is 19.0 Å². The first-order chi connectivity index (χ1) is 8.61. The van der Waals surface area contributed by atoms with Gasteiger partial charge in [-0.25, -0.2) is 9.78 Å². The fourth-order valence-corrected chi connectivity index (χ4v) is 2.72. The van der Waals surface area contributed by atoms with Crippen LogP contribution in [0.2, 0.25) is 0 Å². The van der Waals surface area contributed by atoms with Crippen molar-refractivity contribution in [2.45, 2.75) is 25.8 Å². The van der Waals surface area contributed by atoms with Gasteiger partial charge in [-0.15, -0.1) is 0 Å². The Kier molecular flexibility index (Phi) is 3.93. The molecule has 1 aromatic heterocycles. The summed E-state index contributed by atoms with van der Waals surface area (Å²) in [6.07, 6.45) is 1.84. The number of nitrogens with zero attached hydrogens (tertiary/aromatic N) is 1. The number of ether oxygens (including phenoxy) is 1. The molecule has 0 radical (unpaired) electrons. The zero-order chi connectivity index (χ0) is 13.1. The minimum absolute atomic E-state index is 0.0994. The Morgan fingerprint density at radius 3 is 2.94 bits per heavy atom. The summed E-state index contributed by atoms with van der Waals surface area (Å²) in [5, 5.41) is 6.26. The number of thiazole rings is 1. The summed E-state index contributed by atoms with van der Waals surface area (Å²) in [6.45, 7) is 2.58. The highest BCUT2D eigenvalue weighted by Gasteiger charge is 2.24. The summed E-state index contributed by atoms with van der Waals surface area (Å²) in [5.74, 6) is -0.526. The number of amides is 1. The van der Waals surface area contributed by atoms with Crippen molar-refractivity contribution >= 4 is 28.3 Å². The Morgan fingerprint density at radius 2 is 2.33 bits per heavy atom. The molecule has 0 bridgehead atoms. The standard InChI is InChI=1S/C11H15N3O3S/c1-6-8(10(16)17-2)18-11(13-6)14-9(15)7-4-3-5-12-7/h7,12H,3-5H2,1-2H3,(H,13,14,15). The van der Waals surface area contributed by atoms with Gasteiger partial charge in [-0.3, -0.25) is 4.79 Å². The number of anilines is 1. The quantitative estimate of drug-likeness (QED) is 0.798. The van der Waals surface area contributed by atoms with Crippen molar-refractivity contribution in [3.05, 3.63) is 10.6 Å². The van der Waals surface area contributed by atoms with Gasteiger partial charge in [-0.1, -0.05) is 11.3 Å². The number of aromatic nitrogens is 1. The molecular weight excluding hydrogens is 254 g/mol. The van der Waals surface area contributed by atoms with Crippen molar-refractivity contribution in [1.82, 2.24) is 10.3 Å². The van der Waals surface area contributed by atoms with Crippen LogP contribution in [0.15, 0.2) is 0 Å². The SMILES string of the molecule is COC(=O)c1sc(NC(=O)C2CCCN2)nc1C. The van der Waals surface area contributed by atoms with E-state index in [9.17, 15) is 9.59 Å². The monoisotopic (exact) mass is 269 g/mol. The van der Waals surface area contributed by atoms with E-state index in [-0.39, 0.29) is 11.9 Å². The van der Waals surface area contributed by atoms with Gasteiger partial charge in [-0.05, 0) is 26.3 Å². The lowest BCUT2D eigenvalue weighted by Gasteiger charge is -2.08. The third kappa shape index (κ3) is 2.68. The molecule has 1 fully saturated rings. The molecule has 0 aliphatic carbocycles. The molecular formula is C11H15N3O3S. The van der Waals surface area contributed by atoms with E-state index in [4.69, 9.17) is 0 Å². The van der Waals surface area contributed by atoms with Crippen molar-refractivity contribution < 1.29 is 14.3 Å². The van der Waals surface area contributed by atoms with Gasteiger partial charge in [0.1, 0.15) is 4.88 Å². The largest absolute Gasteiger partial charge is 0.465 e. The summed E-state index contributed by atoms with van der Waals surface area (Å²) in [4.78, 5) is 27.8. The van der Waals surface area contributed by atoms with E-state index in [1.165, 1.54) is 7.11 Å². The van der Waals surface area contributed by atoms with Gasteiger partial charge in [0.15, 0.2) is 5.13 Å². The van der Waals surface area contributed by atoms with Crippen molar-refractivity contribution in [3.63, 3.8) is 0 Å². The molecule has 0 saturated carbocycles. The minimum Gasteiger partial charge on any atom is -0.465 e. The zero-order valence-electron chi connectivity index (χ0n) is 10.3. The number of hydrogen-bond acceptors (Lipinski definition) is 6. The molecule has 18 heavy (non-hydrogen) atoms. The molecule has 1 unspecified atom stereocenters. The molecule has 2 rings (SSSR count). The highest BCUT2D eigenvalue weighted by atomic mass is 32.1. The van der Waals surface area contributed by atoms with Crippen LogP contribution in [0.1, 0.15) is 28.2 Å². The smallest absolute Gasteiger partial charge is 0.350 e. The second kappa shape index (κ2) is 5.45. The number of carbonyl (C=O) groups excluding carboxylic acids is 2. The van der Waals surface area contributed by atoms with Crippen LogP contribution >= 0.6 is 11.3 Å². The molecule has 1 saturated heterocycles. The van der Waals surface area contributed by atoms with Crippen LogP contribution in [0.4, 0.5) is 5.13 Å². The van der Waals surface area contributed by atoms with E-state index in [1.807, 2.05) is 0 Å². The van der Waals surface area contributed by atoms with Crippen LogP contribution in [0.5, 0.6) is 0 Å². The van der Waals surface area contributed by atoms with E-state index >= 15 is 0 Å². The first kappa shape index (κ1) is 13.0. The van der Waals surface area contributed by atoms with Gasteiger partial charge >= 0.3 is 5.97 Å². The van der Waals surface area contributed by atoms with Gasteiger partial charge in [-0.2, -0.15) is 0 Å². The second-order valence-electron chi connectivity index (χ2n) is 4.06. The minimum atomic E-state index is -0.426. The highest BCUT2D eigenvalue weighted by molar-refractivity contribution is 7.17. The number of carbonyl (C=O) groups is 2. The Balaban J connectivity index is 2.05. The maximum Gasteiger partial charge on any atom is 0.350 e. The van der Waals surface area contributed by atoms with Gasteiger partial charge in [0.25, 0.3) is 0 Å². The molecule has 1 atom stereocenters. The molecule has 2 N–H and O–H groups in total. The molecule has 1 aliphatic heterocycles. The summed E-state index contributed by atoms with van der Waals surface area (Å²) in [7, 11) is 1.32. The number of rotatable bonds is 3. The lowest BCUT2D eigenvalue weighted by Crippen LogP contribution is -2.35. The van der Waals surface area contributed by atoms with E-state index in [1.54, 1.807) is 6.92 Å². The topological polar surface area (TPSA) is 80.3 Å². The lowest BCUT2D eigenvalue weighted by molar-refractivity contribution is -0.117. The van der Waals surface area contributed by atoms with Crippen LogP contribution < -0.4 is 10.6 Å². The maximum atomic E-state index is 11.9. The number of esters is 1. The van der Waals surface area contributed by atoms with Crippen LogP contribution in [-0.4, -0.2) is 36.6 Å². The highest BCUT2D eigenvalue weighted by Crippen LogP contribution is 2.23. The molecule has 1 aliphatic rings. The molecule has 98 valence electrons. The Hall–Kier alpha value is -1.47. The van der Waals surface area contributed by atoms with Gasteiger partial charge in [0.2, 0.25) is 5.91 Å². The summed E-state index contributed by atoms with van der Waals surface area (Å²) >= 11 is 1.13. The first-order valence-electron chi connectivity index (χ1n) is 5.72. The maximum absolute atomic E-state index is 11.9. The molecule has 6 nitrogen and oxygen atoms in total. The van der Waals surface area contributed by atoms with Gasteiger partial charge < -0.3 is 15.4 Å². The third-order valence-corrected chi connectivity index (χ3v) is 3.83. The predicted molar refractivity (Wildman–Crippen MR) is 67.8 cm³/mol. The predicted octanol–water partition coefficient (Wildman–Crippen LogP) is 0.929. The van der Waals surface area contributed by atoms with Crippen LogP contribution in [0.3, 0.4) is 0 Å². The Bertz CT molecular complexity index is 466. The number of aryl methyl sites for hydroxylation is 1. The van der Waals surface area contributed by atoms with Crippen LogP contribution in [0, 0.1) is 6.92 Å². The normalized spacial score (nSPS) is 18.7. The fourth-order valence-electron chi connectivity index (χ4n) is 1.83. The molecule has 0 spiro atoms. The van der Waals surface area contributed by atoms with E-state index in [0.29, 0.717) is 15.7 Å².